The van der Waals surface area contributed by atoms with E-state index in [2.05, 4.69) is 20.6 Å². The topological polar surface area (TPSA) is 114 Å². The first-order valence-electron chi connectivity index (χ1n) is 13.2. The molecule has 0 radical (unpaired) electrons. The number of nitrogens with zero attached hydrogens (tertiary/aromatic N) is 3. The second-order valence-corrected chi connectivity index (χ2v) is 9.63. The fourth-order valence-corrected chi connectivity index (χ4v) is 4.36. The highest BCUT2D eigenvalue weighted by Gasteiger charge is 2.17. The summed E-state index contributed by atoms with van der Waals surface area (Å²) in [5, 5.41) is 6.13. The van der Waals surface area contributed by atoms with Crippen LogP contribution < -0.4 is 20.3 Å². The van der Waals surface area contributed by atoms with Crippen molar-refractivity contribution < 1.29 is 19.1 Å². The molecule has 2 N–H and O–H groups in total. The molecule has 3 amide bonds. The minimum atomic E-state index is -0.421. The van der Waals surface area contributed by atoms with Crippen molar-refractivity contribution in [2.24, 2.45) is 0 Å². The Balaban J connectivity index is 0.00000323. The molecule has 0 aliphatic heterocycles. The quantitative estimate of drug-likeness (QED) is 0.250. The summed E-state index contributed by atoms with van der Waals surface area (Å²) in [6, 6.07) is 17.0. The molecule has 2 heterocycles. The number of para-hydroxylation sites is 1. The van der Waals surface area contributed by atoms with E-state index in [1.165, 1.54) is 24.2 Å². The SMILES string of the molecule is CNC(=O)c1ccc(/C=C/C(=O)NCC(=O)N(C)c2ccc(C)c(COc3cccc4ccc(C)nc34)c2C)cn1.Cl.Cl. The summed E-state index contributed by atoms with van der Waals surface area (Å²) >= 11 is 0. The third-order valence-corrected chi connectivity index (χ3v) is 6.82. The van der Waals surface area contributed by atoms with E-state index >= 15 is 0 Å². The molecule has 0 aliphatic carbocycles. The van der Waals surface area contributed by atoms with Crippen molar-refractivity contribution >= 4 is 65.2 Å². The molecule has 0 bridgehead atoms. The first-order chi connectivity index (χ1) is 19.7. The van der Waals surface area contributed by atoms with Gasteiger partial charge < -0.3 is 20.3 Å². The Hall–Kier alpha value is -4.47. The van der Waals surface area contributed by atoms with Crippen LogP contribution in [0.1, 0.15) is 38.4 Å². The monoisotopic (exact) mass is 623 g/mol. The molecular weight excluding hydrogens is 589 g/mol. The summed E-state index contributed by atoms with van der Waals surface area (Å²) in [7, 11) is 3.21. The number of hydrogen-bond acceptors (Lipinski definition) is 6. The number of likely N-dealkylation sites (N-methyl/N-ethyl adjacent to an activating group) is 1. The fraction of sp³-hybridized carbons (Fsp3) is 0.219. The van der Waals surface area contributed by atoms with Crippen LogP contribution in [0.15, 0.2) is 66.9 Å². The van der Waals surface area contributed by atoms with Crippen molar-refractivity contribution in [2.75, 3.05) is 25.5 Å². The minimum Gasteiger partial charge on any atom is -0.487 e. The molecule has 0 spiro atoms. The van der Waals surface area contributed by atoms with E-state index in [4.69, 9.17) is 4.74 Å². The number of ether oxygens (including phenoxy) is 1. The summed E-state index contributed by atoms with van der Waals surface area (Å²) < 4.78 is 6.23. The summed E-state index contributed by atoms with van der Waals surface area (Å²) in [5.74, 6) is -0.276. The third kappa shape index (κ3) is 8.53. The highest BCUT2D eigenvalue weighted by Crippen LogP contribution is 2.29. The molecule has 0 atom stereocenters. The summed E-state index contributed by atoms with van der Waals surface area (Å²) in [6.45, 7) is 6.07. The van der Waals surface area contributed by atoms with E-state index in [0.29, 0.717) is 17.9 Å². The van der Waals surface area contributed by atoms with Crippen molar-refractivity contribution in [2.45, 2.75) is 27.4 Å². The lowest BCUT2D eigenvalue weighted by molar-refractivity contribution is -0.122. The van der Waals surface area contributed by atoms with Gasteiger partial charge in [0.1, 0.15) is 23.6 Å². The molecule has 226 valence electrons. The van der Waals surface area contributed by atoms with Crippen molar-refractivity contribution in [3.05, 3.63) is 101 Å². The van der Waals surface area contributed by atoms with Gasteiger partial charge in [0.2, 0.25) is 11.8 Å². The van der Waals surface area contributed by atoms with Crippen molar-refractivity contribution in [3.63, 3.8) is 0 Å². The van der Waals surface area contributed by atoms with Gasteiger partial charge in [0.15, 0.2) is 0 Å². The van der Waals surface area contributed by atoms with Gasteiger partial charge >= 0.3 is 0 Å². The largest absolute Gasteiger partial charge is 0.487 e. The van der Waals surface area contributed by atoms with E-state index in [0.717, 1.165) is 39.0 Å². The van der Waals surface area contributed by atoms with Crippen LogP contribution in [0.3, 0.4) is 0 Å². The van der Waals surface area contributed by atoms with Gasteiger partial charge in [-0.15, -0.1) is 24.8 Å². The van der Waals surface area contributed by atoms with Gasteiger partial charge in [-0.25, -0.2) is 4.98 Å². The number of nitrogens with one attached hydrogen (secondary N) is 2. The molecule has 2 aromatic carbocycles. The average molecular weight is 625 g/mol. The Kier molecular flexibility index (Phi) is 12.7. The van der Waals surface area contributed by atoms with Crippen LogP contribution in [-0.2, 0) is 16.2 Å². The Morgan fingerprint density at radius 1 is 0.977 bits per heavy atom. The predicted molar refractivity (Wildman–Crippen MR) is 174 cm³/mol. The van der Waals surface area contributed by atoms with Gasteiger partial charge in [0.25, 0.3) is 5.91 Å². The highest BCUT2D eigenvalue weighted by atomic mass is 35.5. The van der Waals surface area contributed by atoms with Gasteiger partial charge in [-0.2, -0.15) is 0 Å². The second-order valence-electron chi connectivity index (χ2n) is 9.63. The van der Waals surface area contributed by atoms with Crippen LogP contribution in [-0.4, -0.2) is 48.3 Å². The number of halogens is 2. The lowest BCUT2D eigenvalue weighted by atomic mass is 10.0. The average Bonchev–Trinajstić information content (AvgIpc) is 2.98. The van der Waals surface area contributed by atoms with Crippen LogP contribution in [0.5, 0.6) is 5.75 Å². The molecule has 0 aliphatic rings. The molecule has 4 aromatic rings. The number of benzene rings is 2. The number of carbonyl (C=O) groups excluding carboxylic acids is 3. The van der Waals surface area contributed by atoms with Crippen LogP contribution in [0.4, 0.5) is 5.69 Å². The van der Waals surface area contributed by atoms with Crippen molar-refractivity contribution in [1.82, 2.24) is 20.6 Å². The molecule has 9 nitrogen and oxygen atoms in total. The Labute approximate surface area is 263 Å². The lowest BCUT2D eigenvalue weighted by Gasteiger charge is -2.23. The van der Waals surface area contributed by atoms with E-state index < -0.39 is 5.91 Å². The Morgan fingerprint density at radius 3 is 2.44 bits per heavy atom. The van der Waals surface area contributed by atoms with E-state index in [-0.39, 0.29) is 48.9 Å². The first kappa shape index (κ1) is 34.7. The van der Waals surface area contributed by atoms with Crippen molar-refractivity contribution in [3.8, 4) is 5.75 Å². The normalized spacial score (nSPS) is 10.4. The number of amides is 3. The molecule has 0 unspecified atom stereocenters. The van der Waals surface area contributed by atoms with Crippen LogP contribution in [0.2, 0.25) is 0 Å². The number of carbonyl (C=O) groups is 3. The van der Waals surface area contributed by atoms with Gasteiger partial charge in [-0.3, -0.25) is 19.4 Å². The summed E-state index contributed by atoms with van der Waals surface area (Å²) in [4.78, 5) is 47.1. The number of fused-ring (bicyclic) bond motifs is 1. The maximum atomic E-state index is 13.0. The molecule has 0 fully saturated rings. The van der Waals surface area contributed by atoms with Gasteiger partial charge in [0.05, 0.1) is 6.54 Å². The predicted octanol–water partition coefficient (Wildman–Crippen LogP) is 5.13. The zero-order chi connectivity index (χ0) is 29.5. The van der Waals surface area contributed by atoms with Crippen LogP contribution >= 0.6 is 24.8 Å². The van der Waals surface area contributed by atoms with E-state index in [1.807, 2.05) is 63.2 Å². The third-order valence-electron chi connectivity index (χ3n) is 6.82. The molecule has 0 saturated heterocycles. The van der Waals surface area contributed by atoms with E-state index in [9.17, 15) is 14.4 Å². The molecular formula is C32H35Cl2N5O4. The smallest absolute Gasteiger partial charge is 0.269 e. The maximum absolute atomic E-state index is 13.0. The molecule has 43 heavy (non-hydrogen) atoms. The van der Waals surface area contributed by atoms with E-state index in [1.54, 1.807) is 25.3 Å². The molecule has 11 heteroatoms. The Bertz CT molecular complexity index is 1640. The standard InChI is InChI=1S/C32H33N5O4.2ClH/c1-20-9-15-27(22(3)25(20)19-41-28-8-6-7-24-13-10-21(2)36-31(24)28)37(5)30(39)18-35-29(38)16-12-23-11-14-26(34-17-23)32(40)33-4;;/h6-17H,18-19H2,1-5H3,(H,33,40)(H,35,38);2*1H/b16-12+;;. The number of anilines is 1. The van der Waals surface area contributed by atoms with Crippen molar-refractivity contribution in [1.29, 1.82) is 0 Å². The number of rotatable bonds is 9. The zero-order valence-electron chi connectivity index (χ0n) is 24.6. The maximum Gasteiger partial charge on any atom is 0.269 e. The lowest BCUT2D eigenvalue weighted by Crippen LogP contribution is -2.38. The number of pyridine rings is 2. The number of aryl methyl sites for hydroxylation is 2. The highest BCUT2D eigenvalue weighted by molar-refractivity contribution is 5.99. The Morgan fingerprint density at radius 2 is 1.74 bits per heavy atom. The molecule has 0 saturated carbocycles. The van der Waals surface area contributed by atoms with Gasteiger partial charge in [-0.05, 0) is 73.4 Å². The zero-order valence-corrected chi connectivity index (χ0v) is 26.3. The number of aromatic nitrogens is 2. The number of hydrogen-bond donors (Lipinski definition) is 2. The first-order valence-corrected chi connectivity index (χ1v) is 13.2. The van der Waals surface area contributed by atoms with Gasteiger partial charge in [0, 0.05) is 43.1 Å². The molecule has 4 rings (SSSR count). The van der Waals surface area contributed by atoms with Gasteiger partial charge in [-0.1, -0.05) is 30.3 Å². The fourth-order valence-electron chi connectivity index (χ4n) is 4.36. The molecule has 2 aromatic heterocycles. The van der Waals surface area contributed by atoms with Crippen LogP contribution in [0.25, 0.3) is 17.0 Å². The van der Waals surface area contributed by atoms with Crippen LogP contribution in [0, 0.1) is 20.8 Å². The summed E-state index contributed by atoms with van der Waals surface area (Å²) in [5.41, 5.74) is 6.34. The minimum absolute atomic E-state index is 0. The second kappa shape index (κ2) is 15.7. The summed E-state index contributed by atoms with van der Waals surface area (Å²) in [6.07, 6.45) is 4.37.